The number of nitrogens with zero attached hydrogens (tertiary/aromatic N) is 1. The maximum Gasteiger partial charge on any atom is 0.328 e. The van der Waals surface area contributed by atoms with Crippen LogP contribution in [-0.2, 0) is 20.7 Å². The van der Waals surface area contributed by atoms with E-state index in [0.29, 0.717) is 19.4 Å². The van der Waals surface area contributed by atoms with Gasteiger partial charge in [-0.2, -0.15) is 5.10 Å². The summed E-state index contributed by atoms with van der Waals surface area (Å²) in [7, 11) is 0. The molecule has 1 aliphatic rings. The van der Waals surface area contributed by atoms with Gasteiger partial charge in [0, 0.05) is 12.6 Å². The molecule has 23 heavy (non-hydrogen) atoms. The van der Waals surface area contributed by atoms with Crippen molar-refractivity contribution in [3.63, 3.8) is 0 Å². The lowest BCUT2D eigenvalue weighted by atomic mass is 9.91. The smallest absolute Gasteiger partial charge is 0.328 e. The molecule has 1 aromatic rings. The summed E-state index contributed by atoms with van der Waals surface area (Å²) in [6, 6.07) is -0.509. The van der Waals surface area contributed by atoms with E-state index in [1.54, 1.807) is 19.3 Å². The molecule has 0 aromatic carbocycles. The summed E-state index contributed by atoms with van der Waals surface area (Å²) in [5.74, 6) is -0.209. The Morgan fingerprint density at radius 2 is 2.09 bits per heavy atom. The van der Waals surface area contributed by atoms with E-state index in [4.69, 9.17) is 4.74 Å². The standard InChI is InChI=1S/C17H27N3O3/c1-2-23-17(22)16(14-7-5-3-4-6-8-14)20-15(21)10-9-13-11-18-19-12-13/h11-12,14,16H,2-10H2,1H3,(H,18,19)(H,20,21)/t16-/m0/s1. The molecular formula is C17H27N3O3. The minimum absolute atomic E-state index is 0.103. The number of aromatic nitrogens is 2. The number of aryl methyl sites for hydroxylation is 1. The Kier molecular flexibility index (Phi) is 7.10. The summed E-state index contributed by atoms with van der Waals surface area (Å²) in [5, 5.41) is 9.52. The van der Waals surface area contributed by atoms with Gasteiger partial charge in [0.2, 0.25) is 5.91 Å². The van der Waals surface area contributed by atoms with Crippen LogP contribution in [-0.4, -0.2) is 34.7 Å². The van der Waals surface area contributed by atoms with E-state index in [9.17, 15) is 9.59 Å². The molecule has 0 saturated heterocycles. The van der Waals surface area contributed by atoms with Crippen molar-refractivity contribution in [3.05, 3.63) is 18.0 Å². The van der Waals surface area contributed by atoms with Gasteiger partial charge < -0.3 is 10.1 Å². The van der Waals surface area contributed by atoms with Crippen LogP contribution in [0.15, 0.2) is 12.4 Å². The number of carbonyl (C=O) groups excluding carboxylic acids is 2. The van der Waals surface area contributed by atoms with Crippen LogP contribution >= 0.6 is 0 Å². The second-order valence-corrected chi connectivity index (χ2v) is 6.16. The van der Waals surface area contributed by atoms with Gasteiger partial charge in [0.1, 0.15) is 6.04 Å². The molecule has 0 radical (unpaired) electrons. The summed E-state index contributed by atoms with van der Waals surface area (Å²) < 4.78 is 5.18. The van der Waals surface area contributed by atoms with Crippen molar-refractivity contribution < 1.29 is 14.3 Å². The number of H-pyrrole nitrogens is 1. The van der Waals surface area contributed by atoms with Crippen molar-refractivity contribution in [2.45, 2.75) is 64.3 Å². The van der Waals surface area contributed by atoms with Crippen LogP contribution in [0.25, 0.3) is 0 Å². The number of nitrogens with one attached hydrogen (secondary N) is 2. The Morgan fingerprint density at radius 1 is 1.35 bits per heavy atom. The molecule has 2 rings (SSSR count). The van der Waals surface area contributed by atoms with E-state index in [-0.39, 0.29) is 17.8 Å². The van der Waals surface area contributed by atoms with Gasteiger partial charge in [0.25, 0.3) is 0 Å². The van der Waals surface area contributed by atoms with Crippen molar-refractivity contribution in [1.82, 2.24) is 15.5 Å². The molecule has 6 heteroatoms. The Morgan fingerprint density at radius 3 is 2.70 bits per heavy atom. The largest absolute Gasteiger partial charge is 0.464 e. The molecular weight excluding hydrogens is 294 g/mol. The SMILES string of the molecule is CCOC(=O)[C@@H](NC(=O)CCc1cn[nH]c1)C1CCCCCC1. The highest BCUT2D eigenvalue weighted by atomic mass is 16.5. The second kappa shape index (κ2) is 9.33. The Bertz CT molecular complexity index is 479. The van der Waals surface area contributed by atoms with Crippen molar-refractivity contribution in [1.29, 1.82) is 0 Å². The number of carbonyl (C=O) groups is 2. The number of esters is 1. The highest BCUT2D eigenvalue weighted by molar-refractivity contribution is 5.84. The number of hydrogen-bond acceptors (Lipinski definition) is 4. The average molecular weight is 321 g/mol. The molecule has 2 N–H and O–H groups in total. The van der Waals surface area contributed by atoms with Crippen LogP contribution < -0.4 is 5.32 Å². The molecule has 0 aliphatic heterocycles. The van der Waals surface area contributed by atoms with Crippen molar-refractivity contribution in [2.24, 2.45) is 5.92 Å². The lowest BCUT2D eigenvalue weighted by molar-refractivity contribution is -0.149. The number of amides is 1. The van der Waals surface area contributed by atoms with Gasteiger partial charge in [0.05, 0.1) is 12.8 Å². The molecule has 1 heterocycles. The first kappa shape index (κ1) is 17.5. The Hall–Kier alpha value is -1.85. The molecule has 1 saturated carbocycles. The fraction of sp³-hybridized carbons (Fsp3) is 0.706. The summed E-state index contributed by atoms with van der Waals surface area (Å²) in [6.45, 7) is 2.13. The van der Waals surface area contributed by atoms with Crippen LogP contribution in [0.5, 0.6) is 0 Å². The predicted octanol–water partition coefficient (Wildman–Crippen LogP) is 2.36. The summed E-state index contributed by atoms with van der Waals surface area (Å²) >= 11 is 0. The topological polar surface area (TPSA) is 84.1 Å². The number of rotatable bonds is 7. The van der Waals surface area contributed by atoms with Crippen LogP contribution in [0.3, 0.4) is 0 Å². The van der Waals surface area contributed by atoms with Crippen LogP contribution in [0, 0.1) is 5.92 Å². The zero-order valence-corrected chi connectivity index (χ0v) is 13.8. The van der Waals surface area contributed by atoms with Gasteiger partial charge in [-0.1, -0.05) is 25.7 Å². The first-order valence-electron chi connectivity index (χ1n) is 8.64. The fourth-order valence-corrected chi connectivity index (χ4v) is 3.16. The first-order valence-corrected chi connectivity index (χ1v) is 8.64. The van der Waals surface area contributed by atoms with Crippen LogP contribution in [0.2, 0.25) is 0 Å². The molecule has 1 aliphatic carbocycles. The average Bonchev–Trinajstić information content (AvgIpc) is 2.92. The summed E-state index contributed by atoms with van der Waals surface area (Å²) in [4.78, 5) is 24.5. The van der Waals surface area contributed by atoms with Gasteiger partial charge in [0.15, 0.2) is 0 Å². The third kappa shape index (κ3) is 5.69. The van der Waals surface area contributed by atoms with Gasteiger partial charge in [-0.3, -0.25) is 9.89 Å². The zero-order chi connectivity index (χ0) is 16.5. The molecule has 128 valence electrons. The molecule has 0 unspecified atom stereocenters. The van der Waals surface area contributed by atoms with E-state index in [1.165, 1.54) is 12.8 Å². The predicted molar refractivity (Wildman–Crippen MR) is 86.7 cm³/mol. The van der Waals surface area contributed by atoms with E-state index in [2.05, 4.69) is 15.5 Å². The van der Waals surface area contributed by atoms with E-state index < -0.39 is 6.04 Å². The minimum atomic E-state index is -0.509. The van der Waals surface area contributed by atoms with Crippen LogP contribution in [0.4, 0.5) is 0 Å². The normalized spacial score (nSPS) is 17.3. The Labute approximate surface area is 137 Å². The maximum atomic E-state index is 12.3. The van der Waals surface area contributed by atoms with Crippen LogP contribution in [0.1, 0.15) is 57.4 Å². The molecule has 1 amide bonds. The highest BCUT2D eigenvalue weighted by Crippen LogP contribution is 2.26. The molecule has 0 bridgehead atoms. The zero-order valence-electron chi connectivity index (χ0n) is 13.8. The number of aromatic amines is 1. The lowest BCUT2D eigenvalue weighted by Crippen LogP contribution is -2.47. The minimum Gasteiger partial charge on any atom is -0.464 e. The van der Waals surface area contributed by atoms with Crippen molar-refractivity contribution in [2.75, 3.05) is 6.61 Å². The second-order valence-electron chi connectivity index (χ2n) is 6.16. The molecule has 1 atom stereocenters. The monoisotopic (exact) mass is 321 g/mol. The van der Waals surface area contributed by atoms with Gasteiger partial charge in [-0.05, 0) is 37.7 Å². The Balaban J connectivity index is 1.92. The van der Waals surface area contributed by atoms with Gasteiger partial charge in [-0.25, -0.2) is 4.79 Å². The molecule has 1 aromatic heterocycles. The van der Waals surface area contributed by atoms with Crippen molar-refractivity contribution in [3.8, 4) is 0 Å². The fourth-order valence-electron chi connectivity index (χ4n) is 3.16. The summed E-state index contributed by atoms with van der Waals surface area (Å²) in [6.07, 6.45) is 11.1. The third-order valence-corrected chi connectivity index (χ3v) is 4.42. The van der Waals surface area contributed by atoms with E-state index >= 15 is 0 Å². The molecule has 1 fully saturated rings. The van der Waals surface area contributed by atoms with Gasteiger partial charge in [-0.15, -0.1) is 0 Å². The van der Waals surface area contributed by atoms with E-state index in [1.807, 2.05) is 0 Å². The van der Waals surface area contributed by atoms with Gasteiger partial charge >= 0.3 is 5.97 Å². The summed E-state index contributed by atoms with van der Waals surface area (Å²) in [5.41, 5.74) is 0.988. The molecule has 6 nitrogen and oxygen atoms in total. The quantitative estimate of drug-likeness (QED) is 0.596. The third-order valence-electron chi connectivity index (χ3n) is 4.42. The van der Waals surface area contributed by atoms with Crippen molar-refractivity contribution >= 4 is 11.9 Å². The first-order chi connectivity index (χ1) is 11.2. The maximum absolute atomic E-state index is 12.3. The number of hydrogen-bond donors (Lipinski definition) is 2. The van der Waals surface area contributed by atoms with E-state index in [0.717, 1.165) is 31.2 Å². The lowest BCUT2D eigenvalue weighted by Gasteiger charge is -2.25. The molecule has 0 spiro atoms. The highest BCUT2D eigenvalue weighted by Gasteiger charge is 2.31. The number of ether oxygens (including phenoxy) is 1.